The van der Waals surface area contributed by atoms with Gasteiger partial charge in [0, 0.05) is 23.6 Å². The topological polar surface area (TPSA) is 49.3 Å². The van der Waals surface area contributed by atoms with Gasteiger partial charge in [-0.2, -0.15) is 0 Å². The number of benzene rings is 1. The Labute approximate surface area is 124 Å². The Hall–Kier alpha value is -1.13. The molecular formula is C15H21ClFNO2. The van der Waals surface area contributed by atoms with Crippen molar-refractivity contribution >= 4 is 17.6 Å². The molecule has 0 fully saturated rings. The zero-order chi connectivity index (χ0) is 15.2. The summed E-state index contributed by atoms with van der Waals surface area (Å²) >= 11 is 5.94. The Balaban J connectivity index is 2.36. The lowest BCUT2D eigenvalue weighted by Gasteiger charge is -2.24. The van der Waals surface area contributed by atoms with Crippen molar-refractivity contribution < 1.29 is 14.3 Å². The Bertz CT molecular complexity index is 443. The van der Waals surface area contributed by atoms with Gasteiger partial charge < -0.3 is 10.4 Å². The SMILES string of the molecule is CC(C)(CCNCc1c(F)cccc1Cl)CCC(=O)O. The highest BCUT2D eigenvalue weighted by atomic mass is 35.5. The van der Waals surface area contributed by atoms with E-state index in [2.05, 4.69) is 5.32 Å². The van der Waals surface area contributed by atoms with Gasteiger partial charge in [-0.3, -0.25) is 4.79 Å². The number of halogens is 2. The lowest BCUT2D eigenvalue weighted by atomic mass is 9.84. The van der Waals surface area contributed by atoms with Crippen molar-refractivity contribution in [3.8, 4) is 0 Å². The van der Waals surface area contributed by atoms with E-state index < -0.39 is 5.97 Å². The van der Waals surface area contributed by atoms with E-state index in [9.17, 15) is 9.18 Å². The lowest BCUT2D eigenvalue weighted by molar-refractivity contribution is -0.137. The molecule has 0 heterocycles. The standard InChI is InChI=1S/C15H21ClFNO2/c1-15(2,7-6-14(19)20)8-9-18-10-11-12(16)4-3-5-13(11)17/h3-5,18H,6-10H2,1-2H3,(H,19,20). The first-order chi connectivity index (χ1) is 9.32. The van der Waals surface area contributed by atoms with Crippen LogP contribution < -0.4 is 5.32 Å². The molecule has 0 bridgehead atoms. The van der Waals surface area contributed by atoms with E-state index >= 15 is 0 Å². The molecule has 0 aliphatic heterocycles. The van der Waals surface area contributed by atoms with Gasteiger partial charge in [-0.15, -0.1) is 0 Å². The van der Waals surface area contributed by atoms with Crippen LogP contribution in [0.25, 0.3) is 0 Å². The van der Waals surface area contributed by atoms with Crippen LogP contribution in [0.15, 0.2) is 18.2 Å². The summed E-state index contributed by atoms with van der Waals surface area (Å²) in [5.74, 6) is -1.08. The number of hydrogen-bond donors (Lipinski definition) is 2. The van der Waals surface area contributed by atoms with Crippen molar-refractivity contribution in [1.82, 2.24) is 5.32 Å². The van der Waals surface area contributed by atoms with E-state index in [1.54, 1.807) is 12.1 Å². The number of carbonyl (C=O) groups is 1. The van der Waals surface area contributed by atoms with Crippen LogP contribution in [0, 0.1) is 11.2 Å². The monoisotopic (exact) mass is 301 g/mol. The Morgan fingerprint density at radius 2 is 2.10 bits per heavy atom. The summed E-state index contributed by atoms with van der Waals surface area (Å²) in [4.78, 5) is 10.6. The van der Waals surface area contributed by atoms with E-state index in [4.69, 9.17) is 16.7 Å². The number of hydrogen-bond acceptors (Lipinski definition) is 2. The molecule has 112 valence electrons. The van der Waals surface area contributed by atoms with Gasteiger partial charge in [0.05, 0.1) is 0 Å². The molecule has 0 aliphatic carbocycles. The van der Waals surface area contributed by atoms with Gasteiger partial charge in [0.1, 0.15) is 5.82 Å². The third-order valence-electron chi connectivity index (χ3n) is 3.36. The zero-order valence-corrected chi connectivity index (χ0v) is 12.6. The van der Waals surface area contributed by atoms with Crippen LogP contribution >= 0.6 is 11.6 Å². The molecule has 0 saturated heterocycles. The fourth-order valence-electron chi connectivity index (χ4n) is 1.91. The quantitative estimate of drug-likeness (QED) is 0.717. The van der Waals surface area contributed by atoms with Crippen molar-refractivity contribution in [2.75, 3.05) is 6.54 Å². The molecule has 20 heavy (non-hydrogen) atoms. The second-order valence-corrected chi connectivity index (χ2v) is 6.09. The number of carboxylic acids is 1. The molecule has 1 aromatic rings. The van der Waals surface area contributed by atoms with E-state index in [0.717, 1.165) is 6.42 Å². The summed E-state index contributed by atoms with van der Waals surface area (Å²) in [6.45, 7) is 5.14. The fraction of sp³-hybridized carbons (Fsp3) is 0.533. The number of aliphatic carboxylic acids is 1. The largest absolute Gasteiger partial charge is 0.481 e. The lowest BCUT2D eigenvalue weighted by Crippen LogP contribution is -2.23. The molecule has 0 amide bonds. The molecule has 0 unspecified atom stereocenters. The maximum atomic E-state index is 13.5. The highest BCUT2D eigenvalue weighted by molar-refractivity contribution is 6.31. The maximum Gasteiger partial charge on any atom is 0.303 e. The molecule has 0 aromatic heterocycles. The van der Waals surface area contributed by atoms with Crippen molar-refractivity contribution in [2.45, 2.75) is 39.7 Å². The van der Waals surface area contributed by atoms with Crippen molar-refractivity contribution in [3.63, 3.8) is 0 Å². The Morgan fingerprint density at radius 1 is 1.40 bits per heavy atom. The molecule has 3 nitrogen and oxygen atoms in total. The first-order valence-electron chi connectivity index (χ1n) is 6.67. The molecule has 5 heteroatoms. The zero-order valence-electron chi connectivity index (χ0n) is 11.9. The molecule has 0 radical (unpaired) electrons. The van der Waals surface area contributed by atoms with Gasteiger partial charge in [-0.05, 0) is 36.9 Å². The molecule has 1 rings (SSSR count). The third-order valence-corrected chi connectivity index (χ3v) is 3.71. The number of carboxylic acid groups (broad SMARTS) is 1. The second kappa shape index (κ2) is 7.60. The molecule has 0 atom stereocenters. The van der Waals surface area contributed by atoms with E-state index in [-0.39, 0.29) is 17.7 Å². The minimum absolute atomic E-state index is 0.0512. The van der Waals surface area contributed by atoms with Crippen LogP contribution in [0.3, 0.4) is 0 Å². The summed E-state index contributed by atoms with van der Waals surface area (Å²) in [7, 11) is 0. The average Bonchev–Trinajstić information content (AvgIpc) is 2.35. The minimum Gasteiger partial charge on any atom is -0.481 e. The predicted molar refractivity (Wildman–Crippen MR) is 78.4 cm³/mol. The summed E-state index contributed by atoms with van der Waals surface area (Å²) in [5.41, 5.74) is 0.419. The van der Waals surface area contributed by atoms with Gasteiger partial charge >= 0.3 is 5.97 Å². The van der Waals surface area contributed by atoms with E-state index in [1.165, 1.54) is 6.07 Å². The maximum absolute atomic E-state index is 13.5. The molecule has 0 saturated carbocycles. The van der Waals surface area contributed by atoms with E-state index in [1.807, 2.05) is 13.8 Å². The molecule has 0 spiro atoms. The second-order valence-electron chi connectivity index (χ2n) is 5.68. The minimum atomic E-state index is -0.774. The van der Waals surface area contributed by atoms with E-state index in [0.29, 0.717) is 30.1 Å². The first kappa shape index (κ1) is 16.9. The van der Waals surface area contributed by atoms with Gasteiger partial charge in [-0.25, -0.2) is 4.39 Å². The smallest absolute Gasteiger partial charge is 0.303 e. The summed E-state index contributed by atoms with van der Waals surface area (Å²) < 4.78 is 13.5. The molecular weight excluding hydrogens is 281 g/mol. The van der Waals surface area contributed by atoms with Crippen LogP contribution in [0.5, 0.6) is 0 Å². The highest BCUT2D eigenvalue weighted by Gasteiger charge is 2.18. The van der Waals surface area contributed by atoms with Crippen LogP contribution in [0.2, 0.25) is 5.02 Å². The highest BCUT2D eigenvalue weighted by Crippen LogP contribution is 2.26. The van der Waals surface area contributed by atoms with Crippen LogP contribution in [-0.2, 0) is 11.3 Å². The third kappa shape index (κ3) is 5.88. The van der Waals surface area contributed by atoms with Crippen molar-refractivity contribution in [3.05, 3.63) is 34.6 Å². The normalized spacial score (nSPS) is 11.6. The summed E-state index contributed by atoms with van der Waals surface area (Å²) in [6, 6.07) is 4.63. The summed E-state index contributed by atoms with van der Waals surface area (Å²) in [5, 5.41) is 12.3. The number of nitrogens with one attached hydrogen (secondary N) is 1. The molecule has 1 aromatic carbocycles. The Morgan fingerprint density at radius 3 is 2.70 bits per heavy atom. The van der Waals surface area contributed by atoms with Gasteiger partial charge in [0.2, 0.25) is 0 Å². The molecule has 2 N–H and O–H groups in total. The molecule has 0 aliphatic rings. The predicted octanol–water partition coefficient (Wildman–Crippen LogP) is 3.85. The Kier molecular flexibility index (Phi) is 6.43. The summed E-state index contributed by atoms with van der Waals surface area (Å²) in [6.07, 6.45) is 1.63. The van der Waals surface area contributed by atoms with Crippen molar-refractivity contribution in [1.29, 1.82) is 0 Å². The van der Waals surface area contributed by atoms with Crippen LogP contribution in [-0.4, -0.2) is 17.6 Å². The number of rotatable bonds is 8. The fourth-order valence-corrected chi connectivity index (χ4v) is 2.14. The average molecular weight is 302 g/mol. The van der Waals surface area contributed by atoms with Gasteiger partial charge in [-0.1, -0.05) is 31.5 Å². The first-order valence-corrected chi connectivity index (χ1v) is 7.05. The van der Waals surface area contributed by atoms with Gasteiger partial charge in [0.15, 0.2) is 0 Å². The van der Waals surface area contributed by atoms with Crippen LogP contribution in [0.1, 0.15) is 38.7 Å². The van der Waals surface area contributed by atoms with Gasteiger partial charge in [0.25, 0.3) is 0 Å². The van der Waals surface area contributed by atoms with Crippen molar-refractivity contribution in [2.24, 2.45) is 5.41 Å². The van der Waals surface area contributed by atoms with Crippen LogP contribution in [0.4, 0.5) is 4.39 Å².